The highest BCUT2D eigenvalue weighted by Gasteiger charge is 2.21. The number of nitrogens with two attached hydrogens (primary N) is 1. The summed E-state index contributed by atoms with van der Waals surface area (Å²) in [5, 5.41) is 2.58. The number of sulfone groups is 1. The van der Waals surface area contributed by atoms with Crippen molar-refractivity contribution < 1.29 is 13.2 Å². The molecule has 0 aliphatic rings. The SMILES string of the molecule is CCCCNC(=O)CS(=O)(=O)c1ccc(N)cc1Br. The van der Waals surface area contributed by atoms with E-state index in [1.165, 1.54) is 18.2 Å². The van der Waals surface area contributed by atoms with E-state index in [-0.39, 0.29) is 4.90 Å². The summed E-state index contributed by atoms with van der Waals surface area (Å²) in [5.41, 5.74) is 6.01. The molecule has 1 amide bonds. The quantitative estimate of drug-likeness (QED) is 0.605. The van der Waals surface area contributed by atoms with Crippen molar-refractivity contribution in [3.8, 4) is 0 Å². The molecule has 0 bridgehead atoms. The van der Waals surface area contributed by atoms with Crippen LogP contribution in [0.4, 0.5) is 5.69 Å². The van der Waals surface area contributed by atoms with E-state index in [4.69, 9.17) is 5.73 Å². The van der Waals surface area contributed by atoms with Crippen LogP contribution in [0, 0.1) is 0 Å². The predicted octanol–water partition coefficient (Wildman–Crippen LogP) is 1.72. The van der Waals surface area contributed by atoms with Gasteiger partial charge in [-0.05, 0) is 40.5 Å². The van der Waals surface area contributed by atoms with Gasteiger partial charge in [0.25, 0.3) is 0 Å². The van der Waals surface area contributed by atoms with Gasteiger partial charge < -0.3 is 11.1 Å². The molecular formula is C12H17BrN2O3S. The second-order valence-corrected chi connectivity index (χ2v) is 6.96. The Balaban J connectivity index is 2.78. The Morgan fingerprint density at radius 2 is 2.11 bits per heavy atom. The average Bonchev–Trinajstić information content (AvgIpc) is 2.27. The zero-order valence-electron chi connectivity index (χ0n) is 10.6. The van der Waals surface area contributed by atoms with E-state index >= 15 is 0 Å². The molecule has 106 valence electrons. The van der Waals surface area contributed by atoms with Gasteiger partial charge in [0.2, 0.25) is 5.91 Å². The smallest absolute Gasteiger partial charge is 0.235 e. The summed E-state index contributed by atoms with van der Waals surface area (Å²) in [4.78, 5) is 11.6. The molecule has 5 nitrogen and oxygen atoms in total. The zero-order chi connectivity index (χ0) is 14.5. The number of nitrogen functional groups attached to an aromatic ring is 1. The van der Waals surface area contributed by atoms with Crippen LogP contribution >= 0.6 is 15.9 Å². The van der Waals surface area contributed by atoms with Crippen molar-refractivity contribution in [2.45, 2.75) is 24.7 Å². The lowest BCUT2D eigenvalue weighted by Crippen LogP contribution is -2.31. The minimum atomic E-state index is -3.66. The van der Waals surface area contributed by atoms with Gasteiger partial charge in [0.05, 0.1) is 4.90 Å². The van der Waals surface area contributed by atoms with Crippen molar-refractivity contribution in [1.82, 2.24) is 5.32 Å². The number of anilines is 1. The van der Waals surface area contributed by atoms with Crippen molar-refractivity contribution >= 4 is 37.4 Å². The molecule has 0 saturated heterocycles. The molecule has 0 unspecified atom stereocenters. The zero-order valence-corrected chi connectivity index (χ0v) is 13.1. The van der Waals surface area contributed by atoms with E-state index in [9.17, 15) is 13.2 Å². The maximum atomic E-state index is 12.1. The van der Waals surface area contributed by atoms with Crippen LogP contribution < -0.4 is 11.1 Å². The van der Waals surface area contributed by atoms with Crippen LogP contribution in [0.3, 0.4) is 0 Å². The van der Waals surface area contributed by atoms with E-state index in [1.54, 1.807) is 0 Å². The fourth-order valence-corrected chi connectivity index (χ4v) is 3.85. The van der Waals surface area contributed by atoms with Crippen LogP contribution in [0.1, 0.15) is 19.8 Å². The molecule has 0 saturated carbocycles. The Hall–Kier alpha value is -1.08. The van der Waals surface area contributed by atoms with Crippen molar-refractivity contribution in [2.24, 2.45) is 0 Å². The Bertz CT molecular complexity index is 558. The summed E-state index contributed by atoms with van der Waals surface area (Å²) >= 11 is 3.15. The highest BCUT2D eigenvalue weighted by molar-refractivity contribution is 9.10. The molecule has 0 spiro atoms. The number of unbranched alkanes of at least 4 members (excludes halogenated alkanes) is 1. The molecule has 3 N–H and O–H groups in total. The van der Waals surface area contributed by atoms with Crippen molar-refractivity contribution in [1.29, 1.82) is 0 Å². The van der Waals surface area contributed by atoms with Gasteiger partial charge in [-0.1, -0.05) is 13.3 Å². The first kappa shape index (κ1) is 16.0. The fraction of sp³-hybridized carbons (Fsp3) is 0.417. The van der Waals surface area contributed by atoms with Gasteiger partial charge in [0, 0.05) is 16.7 Å². The summed E-state index contributed by atoms with van der Waals surface area (Å²) in [6.07, 6.45) is 1.77. The van der Waals surface area contributed by atoms with Gasteiger partial charge in [-0.15, -0.1) is 0 Å². The van der Waals surface area contributed by atoms with E-state index < -0.39 is 21.5 Å². The van der Waals surface area contributed by atoms with Crippen LogP contribution in [-0.4, -0.2) is 26.6 Å². The van der Waals surface area contributed by atoms with Crippen molar-refractivity contribution in [3.63, 3.8) is 0 Å². The number of hydrogen-bond acceptors (Lipinski definition) is 4. The average molecular weight is 349 g/mol. The van der Waals surface area contributed by atoms with Crippen LogP contribution in [-0.2, 0) is 14.6 Å². The Morgan fingerprint density at radius 1 is 1.42 bits per heavy atom. The lowest BCUT2D eigenvalue weighted by atomic mass is 10.3. The summed E-state index contributed by atoms with van der Waals surface area (Å²) in [6.45, 7) is 2.49. The van der Waals surface area contributed by atoms with Crippen molar-refractivity contribution in [2.75, 3.05) is 18.0 Å². The first-order chi connectivity index (χ1) is 8.86. The number of halogens is 1. The van der Waals surface area contributed by atoms with Gasteiger partial charge >= 0.3 is 0 Å². The predicted molar refractivity (Wildman–Crippen MR) is 78.5 cm³/mol. The summed E-state index contributed by atoms with van der Waals surface area (Å²) in [5.74, 6) is -1.05. The molecular weight excluding hydrogens is 332 g/mol. The summed E-state index contributed by atoms with van der Waals surface area (Å²) in [7, 11) is -3.66. The Labute approximate surface area is 121 Å². The Morgan fingerprint density at radius 3 is 2.68 bits per heavy atom. The molecule has 1 aromatic carbocycles. The number of carbonyl (C=O) groups excluding carboxylic acids is 1. The standard InChI is InChI=1S/C12H17BrN2O3S/c1-2-3-6-15-12(16)8-19(17,18)11-5-4-9(14)7-10(11)13/h4-5,7H,2-3,6,8,14H2,1H3,(H,15,16). The monoisotopic (exact) mass is 348 g/mol. The molecule has 0 aliphatic heterocycles. The second-order valence-electron chi connectivity index (χ2n) is 4.15. The first-order valence-corrected chi connectivity index (χ1v) is 8.36. The van der Waals surface area contributed by atoms with Gasteiger partial charge in [0.1, 0.15) is 5.75 Å². The molecule has 0 atom stereocenters. The van der Waals surface area contributed by atoms with Crippen LogP contribution in [0.5, 0.6) is 0 Å². The molecule has 7 heteroatoms. The summed E-state index contributed by atoms with van der Waals surface area (Å²) in [6, 6.07) is 4.39. The molecule has 0 radical (unpaired) electrons. The van der Waals surface area contributed by atoms with Crippen LogP contribution in [0.25, 0.3) is 0 Å². The maximum Gasteiger partial charge on any atom is 0.235 e. The fourth-order valence-electron chi connectivity index (χ4n) is 1.48. The number of benzene rings is 1. The topological polar surface area (TPSA) is 89.3 Å². The summed E-state index contributed by atoms with van der Waals surface area (Å²) < 4.78 is 24.5. The highest BCUT2D eigenvalue weighted by Crippen LogP contribution is 2.25. The second kappa shape index (κ2) is 6.91. The minimum Gasteiger partial charge on any atom is -0.399 e. The normalized spacial score (nSPS) is 11.3. The number of carbonyl (C=O) groups is 1. The highest BCUT2D eigenvalue weighted by atomic mass is 79.9. The van der Waals surface area contributed by atoms with Crippen LogP contribution in [0.2, 0.25) is 0 Å². The first-order valence-electron chi connectivity index (χ1n) is 5.91. The lowest BCUT2D eigenvalue weighted by Gasteiger charge is -2.08. The van der Waals surface area contributed by atoms with Gasteiger partial charge in [-0.25, -0.2) is 8.42 Å². The third-order valence-corrected chi connectivity index (χ3v) is 5.05. The van der Waals surface area contributed by atoms with E-state index in [1.807, 2.05) is 6.92 Å². The molecule has 0 aliphatic carbocycles. The molecule has 1 aromatic rings. The lowest BCUT2D eigenvalue weighted by molar-refractivity contribution is -0.118. The van der Waals surface area contributed by atoms with Gasteiger partial charge in [-0.3, -0.25) is 4.79 Å². The Kier molecular flexibility index (Phi) is 5.81. The van der Waals surface area contributed by atoms with Gasteiger partial charge in [0.15, 0.2) is 9.84 Å². The number of nitrogens with one attached hydrogen (secondary N) is 1. The van der Waals surface area contributed by atoms with E-state index in [0.29, 0.717) is 16.7 Å². The van der Waals surface area contributed by atoms with Crippen molar-refractivity contribution in [3.05, 3.63) is 22.7 Å². The number of hydrogen-bond donors (Lipinski definition) is 2. The maximum absolute atomic E-state index is 12.1. The van der Waals surface area contributed by atoms with E-state index in [2.05, 4.69) is 21.2 Å². The van der Waals surface area contributed by atoms with Gasteiger partial charge in [-0.2, -0.15) is 0 Å². The molecule has 1 rings (SSSR count). The van der Waals surface area contributed by atoms with Crippen LogP contribution in [0.15, 0.2) is 27.6 Å². The molecule has 0 heterocycles. The molecule has 19 heavy (non-hydrogen) atoms. The third-order valence-electron chi connectivity index (χ3n) is 2.46. The van der Waals surface area contributed by atoms with E-state index in [0.717, 1.165) is 12.8 Å². The third kappa shape index (κ3) is 4.83. The molecule has 0 aromatic heterocycles. The minimum absolute atomic E-state index is 0.0762. The number of rotatable bonds is 6. The number of amides is 1. The molecule has 0 fully saturated rings. The largest absolute Gasteiger partial charge is 0.399 e.